The van der Waals surface area contributed by atoms with Crippen molar-refractivity contribution in [2.45, 2.75) is 25.8 Å². The quantitative estimate of drug-likeness (QED) is 0.874. The van der Waals surface area contributed by atoms with Gasteiger partial charge in [-0.25, -0.2) is 0 Å². The zero-order valence-electron chi connectivity index (χ0n) is 14.9. The van der Waals surface area contributed by atoms with E-state index in [2.05, 4.69) is 36.0 Å². The number of nitrogens with zero attached hydrogens (tertiary/aromatic N) is 2. The van der Waals surface area contributed by atoms with E-state index in [0.717, 1.165) is 24.5 Å². The Labute approximate surface area is 139 Å². The predicted molar refractivity (Wildman–Crippen MR) is 93.9 cm³/mol. The lowest BCUT2D eigenvalue weighted by Crippen LogP contribution is -2.44. The summed E-state index contributed by atoms with van der Waals surface area (Å²) in [6.45, 7) is 7.05. The average molecular weight is 319 g/mol. The Balaban J connectivity index is 1.82. The standard InChI is InChI=1S/C18H29N3O2/c1-18(2)14(10-11-21(18)4)12-20(3)13-17(22)19-15-6-8-16(23-5)9-7-15/h6-9,14H,10-13H2,1-5H3,(H,19,22). The topological polar surface area (TPSA) is 44.8 Å². The number of rotatable bonds is 6. The van der Waals surface area contributed by atoms with E-state index < -0.39 is 0 Å². The summed E-state index contributed by atoms with van der Waals surface area (Å²) in [5.41, 5.74) is 0.992. The van der Waals surface area contributed by atoms with Crippen LogP contribution in [0, 0.1) is 5.92 Å². The van der Waals surface area contributed by atoms with Crippen LogP contribution in [0.15, 0.2) is 24.3 Å². The average Bonchev–Trinajstić information content (AvgIpc) is 2.74. The second kappa shape index (κ2) is 7.32. The van der Waals surface area contributed by atoms with Crippen molar-refractivity contribution in [3.8, 4) is 5.75 Å². The first-order valence-corrected chi connectivity index (χ1v) is 8.16. The number of carbonyl (C=O) groups is 1. The SMILES string of the molecule is COc1ccc(NC(=O)CN(C)CC2CCN(C)C2(C)C)cc1. The van der Waals surface area contributed by atoms with Crippen LogP contribution in [0.4, 0.5) is 5.69 Å². The summed E-state index contributed by atoms with van der Waals surface area (Å²) in [6, 6.07) is 7.39. The van der Waals surface area contributed by atoms with Gasteiger partial charge in [0.2, 0.25) is 5.91 Å². The van der Waals surface area contributed by atoms with E-state index in [0.29, 0.717) is 12.5 Å². The van der Waals surface area contributed by atoms with E-state index >= 15 is 0 Å². The van der Waals surface area contributed by atoms with E-state index in [1.807, 2.05) is 31.3 Å². The molecule has 1 aliphatic heterocycles. The van der Waals surface area contributed by atoms with Gasteiger partial charge in [-0.2, -0.15) is 0 Å². The molecule has 0 aromatic heterocycles. The van der Waals surface area contributed by atoms with Gasteiger partial charge in [0.1, 0.15) is 5.75 Å². The molecule has 5 heteroatoms. The van der Waals surface area contributed by atoms with Crippen molar-refractivity contribution in [2.24, 2.45) is 5.92 Å². The van der Waals surface area contributed by atoms with E-state index in [-0.39, 0.29) is 11.4 Å². The molecule has 1 aromatic carbocycles. The van der Waals surface area contributed by atoms with Gasteiger partial charge in [0.05, 0.1) is 13.7 Å². The predicted octanol–water partition coefficient (Wildman–Crippen LogP) is 2.30. The van der Waals surface area contributed by atoms with Crippen molar-refractivity contribution in [2.75, 3.05) is 46.2 Å². The normalized spacial score (nSPS) is 20.7. The molecule has 1 aliphatic rings. The Bertz CT molecular complexity index is 528. The van der Waals surface area contributed by atoms with E-state index in [4.69, 9.17) is 4.74 Å². The fourth-order valence-corrected chi connectivity index (χ4v) is 3.18. The smallest absolute Gasteiger partial charge is 0.238 e. The summed E-state index contributed by atoms with van der Waals surface area (Å²) < 4.78 is 5.12. The van der Waals surface area contributed by atoms with Crippen LogP contribution < -0.4 is 10.1 Å². The van der Waals surface area contributed by atoms with Gasteiger partial charge in [0, 0.05) is 17.8 Å². The van der Waals surface area contributed by atoms with Crippen molar-refractivity contribution in [1.82, 2.24) is 9.80 Å². The molecular formula is C18H29N3O2. The third-order valence-electron chi connectivity index (χ3n) is 5.12. The highest BCUT2D eigenvalue weighted by Crippen LogP contribution is 2.33. The number of nitrogens with one attached hydrogen (secondary N) is 1. The summed E-state index contributed by atoms with van der Waals surface area (Å²) in [6.07, 6.45) is 1.19. The minimum absolute atomic E-state index is 0.0156. The first-order chi connectivity index (χ1) is 10.8. The highest BCUT2D eigenvalue weighted by atomic mass is 16.5. The Morgan fingerprint density at radius 1 is 1.39 bits per heavy atom. The third kappa shape index (κ3) is 4.45. The summed E-state index contributed by atoms with van der Waals surface area (Å²) in [4.78, 5) is 16.7. The molecule has 1 unspecified atom stereocenters. The largest absolute Gasteiger partial charge is 0.497 e. The highest BCUT2D eigenvalue weighted by molar-refractivity contribution is 5.92. The second-order valence-corrected chi connectivity index (χ2v) is 7.03. The minimum Gasteiger partial charge on any atom is -0.497 e. The van der Waals surface area contributed by atoms with Crippen LogP contribution >= 0.6 is 0 Å². The van der Waals surface area contributed by atoms with Crippen LogP contribution in [0.1, 0.15) is 20.3 Å². The lowest BCUT2D eigenvalue weighted by Gasteiger charge is -2.35. The summed E-state index contributed by atoms with van der Waals surface area (Å²) in [5, 5.41) is 2.93. The van der Waals surface area contributed by atoms with Gasteiger partial charge >= 0.3 is 0 Å². The van der Waals surface area contributed by atoms with Crippen LogP contribution in [-0.2, 0) is 4.79 Å². The molecule has 5 nitrogen and oxygen atoms in total. The van der Waals surface area contributed by atoms with Gasteiger partial charge in [-0.15, -0.1) is 0 Å². The van der Waals surface area contributed by atoms with Gasteiger partial charge in [-0.1, -0.05) is 0 Å². The van der Waals surface area contributed by atoms with Crippen LogP contribution in [0.2, 0.25) is 0 Å². The van der Waals surface area contributed by atoms with E-state index in [1.54, 1.807) is 7.11 Å². The molecule has 0 aliphatic carbocycles. The van der Waals surface area contributed by atoms with E-state index in [1.165, 1.54) is 6.42 Å². The molecule has 23 heavy (non-hydrogen) atoms. The number of ether oxygens (including phenoxy) is 1. The zero-order chi connectivity index (χ0) is 17.0. The van der Waals surface area contributed by atoms with Crippen molar-refractivity contribution < 1.29 is 9.53 Å². The number of hydrogen-bond acceptors (Lipinski definition) is 4. The number of likely N-dealkylation sites (N-methyl/N-ethyl adjacent to an activating group) is 1. The Morgan fingerprint density at radius 2 is 2.04 bits per heavy atom. The highest BCUT2D eigenvalue weighted by Gasteiger charge is 2.39. The molecule has 0 spiro atoms. The monoisotopic (exact) mass is 319 g/mol. The number of likely N-dealkylation sites (tertiary alicyclic amines) is 1. The molecule has 1 fully saturated rings. The molecule has 1 amide bonds. The summed E-state index contributed by atoms with van der Waals surface area (Å²) in [5.74, 6) is 1.39. The molecule has 1 N–H and O–H groups in total. The minimum atomic E-state index is 0.0156. The van der Waals surface area contributed by atoms with Gasteiger partial charge in [0.15, 0.2) is 0 Å². The molecular weight excluding hydrogens is 290 g/mol. The lowest BCUT2D eigenvalue weighted by atomic mass is 9.88. The van der Waals surface area contributed by atoms with E-state index in [9.17, 15) is 4.79 Å². The number of carbonyl (C=O) groups excluding carboxylic acids is 1. The summed E-state index contributed by atoms with van der Waals surface area (Å²) in [7, 11) is 5.82. The van der Waals surface area contributed by atoms with Crippen molar-refractivity contribution in [3.63, 3.8) is 0 Å². The first kappa shape index (κ1) is 17.8. The Hall–Kier alpha value is -1.59. The van der Waals surface area contributed by atoms with Gasteiger partial charge in [0.25, 0.3) is 0 Å². The number of benzene rings is 1. The van der Waals surface area contributed by atoms with Crippen LogP contribution in [0.5, 0.6) is 5.75 Å². The van der Waals surface area contributed by atoms with Gasteiger partial charge in [-0.3, -0.25) is 9.69 Å². The van der Waals surface area contributed by atoms with Gasteiger partial charge < -0.3 is 15.0 Å². The maximum atomic E-state index is 12.2. The molecule has 0 saturated carbocycles. The lowest BCUT2D eigenvalue weighted by molar-refractivity contribution is -0.117. The Kier molecular flexibility index (Phi) is 5.65. The molecule has 128 valence electrons. The molecule has 1 saturated heterocycles. The van der Waals surface area contributed by atoms with Crippen molar-refractivity contribution >= 4 is 11.6 Å². The first-order valence-electron chi connectivity index (χ1n) is 8.16. The van der Waals surface area contributed by atoms with Gasteiger partial charge in [-0.05, 0) is 71.1 Å². The number of hydrogen-bond donors (Lipinski definition) is 1. The zero-order valence-corrected chi connectivity index (χ0v) is 14.9. The maximum absolute atomic E-state index is 12.2. The number of methoxy groups -OCH3 is 1. The molecule has 0 bridgehead atoms. The molecule has 1 heterocycles. The fourth-order valence-electron chi connectivity index (χ4n) is 3.18. The van der Waals surface area contributed by atoms with Crippen molar-refractivity contribution in [1.29, 1.82) is 0 Å². The van der Waals surface area contributed by atoms with Crippen molar-refractivity contribution in [3.05, 3.63) is 24.3 Å². The number of amides is 1. The molecule has 2 rings (SSSR count). The number of anilines is 1. The molecule has 0 radical (unpaired) electrons. The molecule has 1 aromatic rings. The fraction of sp³-hybridized carbons (Fsp3) is 0.611. The Morgan fingerprint density at radius 3 is 2.57 bits per heavy atom. The van der Waals surface area contributed by atoms with Crippen LogP contribution in [-0.4, -0.2) is 62.1 Å². The third-order valence-corrected chi connectivity index (χ3v) is 5.12. The van der Waals surface area contributed by atoms with Crippen LogP contribution in [0.3, 0.4) is 0 Å². The second-order valence-electron chi connectivity index (χ2n) is 7.03. The van der Waals surface area contributed by atoms with Crippen LogP contribution in [0.25, 0.3) is 0 Å². The summed E-state index contributed by atoms with van der Waals surface area (Å²) >= 11 is 0. The maximum Gasteiger partial charge on any atom is 0.238 e. The molecule has 1 atom stereocenters.